The largest absolute Gasteiger partial charge is 0.497 e. The monoisotopic (exact) mass is 434 g/mol. The Morgan fingerprint density at radius 1 is 1.13 bits per heavy atom. The summed E-state index contributed by atoms with van der Waals surface area (Å²) in [5.74, 6) is 1.18. The fraction of sp³-hybridized carbons (Fsp3) is 0.381. The van der Waals surface area contributed by atoms with Crippen molar-refractivity contribution in [2.24, 2.45) is 0 Å². The van der Waals surface area contributed by atoms with Crippen LogP contribution in [0.3, 0.4) is 0 Å². The van der Waals surface area contributed by atoms with Gasteiger partial charge in [-0.05, 0) is 43.7 Å². The lowest BCUT2D eigenvalue weighted by atomic mass is 10.1. The molecule has 1 N–H and O–H groups in total. The Morgan fingerprint density at radius 3 is 2.43 bits per heavy atom. The number of nitrogens with one attached hydrogen (secondary N) is 1. The average Bonchev–Trinajstić information content (AvgIpc) is 2.77. The zero-order valence-corrected chi connectivity index (χ0v) is 18.1. The first-order chi connectivity index (χ1) is 14.3. The highest BCUT2D eigenvalue weighted by molar-refractivity contribution is 7.92. The van der Waals surface area contributed by atoms with Crippen LogP contribution in [0.1, 0.15) is 25.5 Å². The fourth-order valence-corrected chi connectivity index (χ4v) is 4.15. The number of carbonyl (C=O) groups is 1. The number of hydrogen-bond donors (Lipinski definition) is 1. The molecule has 0 saturated heterocycles. The van der Waals surface area contributed by atoms with Crippen molar-refractivity contribution in [3.8, 4) is 17.2 Å². The van der Waals surface area contributed by atoms with Gasteiger partial charge in [-0.1, -0.05) is 12.1 Å². The summed E-state index contributed by atoms with van der Waals surface area (Å²) in [4.78, 5) is 12.7. The van der Waals surface area contributed by atoms with E-state index in [2.05, 4.69) is 5.32 Å². The molecule has 3 rings (SSSR count). The molecule has 9 heteroatoms. The topological polar surface area (TPSA) is 94.2 Å². The smallest absolute Gasteiger partial charge is 0.241 e. The van der Waals surface area contributed by atoms with E-state index >= 15 is 0 Å². The fourth-order valence-electron chi connectivity index (χ4n) is 3.09. The van der Waals surface area contributed by atoms with E-state index in [1.165, 1.54) is 6.92 Å². The Kier molecular flexibility index (Phi) is 6.71. The van der Waals surface area contributed by atoms with Gasteiger partial charge in [0.15, 0.2) is 11.5 Å². The Bertz CT molecular complexity index is 991. The summed E-state index contributed by atoms with van der Waals surface area (Å²) >= 11 is 0. The van der Waals surface area contributed by atoms with Crippen molar-refractivity contribution in [2.45, 2.75) is 19.9 Å². The van der Waals surface area contributed by atoms with Gasteiger partial charge in [-0.15, -0.1) is 0 Å². The second-order valence-electron chi connectivity index (χ2n) is 6.80. The molecule has 1 aliphatic heterocycles. The summed E-state index contributed by atoms with van der Waals surface area (Å²) in [6.45, 7) is 3.86. The number of anilines is 1. The number of methoxy groups -OCH3 is 1. The Morgan fingerprint density at radius 2 is 1.80 bits per heavy atom. The number of amides is 1. The molecule has 1 amide bonds. The van der Waals surface area contributed by atoms with E-state index in [4.69, 9.17) is 14.2 Å². The summed E-state index contributed by atoms with van der Waals surface area (Å²) in [7, 11) is -2.10. The minimum atomic E-state index is -3.68. The third-order valence-corrected chi connectivity index (χ3v) is 6.54. The maximum Gasteiger partial charge on any atom is 0.241 e. The molecule has 162 valence electrons. The van der Waals surface area contributed by atoms with Crippen molar-refractivity contribution in [2.75, 3.05) is 36.9 Å². The van der Waals surface area contributed by atoms with Crippen LogP contribution in [0, 0.1) is 0 Å². The van der Waals surface area contributed by atoms with Crippen LogP contribution in [0.2, 0.25) is 0 Å². The summed E-state index contributed by atoms with van der Waals surface area (Å²) in [6, 6.07) is 11.9. The molecule has 0 aromatic heterocycles. The van der Waals surface area contributed by atoms with Crippen molar-refractivity contribution in [1.82, 2.24) is 5.32 Å². The molecule has 2 aromatic rings. The average molecular weight is 435 g/mol. The molecule has 0 aliphatic carbocycles. The number of rotatable bonds is 8. The maximum atomic E-state index is 12.7. The third kappa shape index (κ3) is 4.96. The van der Waals surface area contributed by atoms with Crippen molar-refractivity contribution in [3.05, 3.63) is 48.0 Å². The van der Waals surface area contributed by atoms with E-state index in [1.807, 2.05) is 19.1 Å². The van der Waals surface area contributed by atoms with Gasteiger partial charge in [0.1, 0.15) is 25.5 Å². The van der Waals surface area contributed by atoms with E-state index in [0.29, 0.717) is 30.4 Å². The number of ether oxygens (including phenoxy) is 3. The first-order valence-electron chi connectivity index (χ1n) is 9.67. The van der Waals surface area contributed by atoms with Crippen LogP contribution >= 0.6 is 0 Å². The number of fused-ring (bicyclic) bond motifs is 1. The van der Waals surface area contributed by atoms with Gasteiger partial charge in [0.05, 0.1) is 24.6 Å². The van der Waals surface area contributed by atoms with Crippen molar-refractivity contribution >= 4 is 21.6 Å². The highest BCUT2D eigenvalue weighted by Crippen LogP contribution is 2.34. The van der Waals surface area contributed by atoms with E-state index in [-0.39, 0.29) is 18.3 Å². The van der Waals surface area contributed by atoms with Crippen LogP contribution in [-0.2, 0) is 14.8 Å². The minimum Gasteiger partial charge on any atom is -0.497 e. The molecule has 0 unspecified atom stereocenters. The molecule has 0 radical (unpaired) electrons. The van der Waals surface area contributed by atoms with Gasteiger partial charge in [0.25, 0.3) is 0 Å². The summed E-state index contributed by atoms with van der Waals surface area (Å²) in [6.07, 6.45) is 0. The van der Waals surface area contributed by atoms with Crippen molar-refractivity contribution < 1.29 is 27.4 Å². The normalized spacial score (nSPS) is 14.0. The molecule has 2 aromatic carbocycles. The van der Waals surface area contributed by atoms with Gasteiger partial charge < -0.3 is 19.5 Å². The molecule has 0 bridgehead atoms. The predicted octanol–water partition coefficient (Wildman–Crippen LogP) is 2.50. The first kappa shape index (κ1) is 21.8. The van der Waals surface area contributed by atoms with Gasteiger partial charge in [0.2, 0.25) is 15.9 Å². The van der Waals surface area contributed by atoms with E-state index in [9.17, 15) is 13.2 Å². The van der Waals surface area contributed by atoms with Crippen molar-refractivity contribution in [1.29, 1.82) is 0 Å². The molecule has 0 spiro atoms. The molecule has 1 atom stereocenters. The Balaban J connectivity index is 1.77. The molecular weight excluding hydrogens is 408 g/mol. The van der Waals surface area contributed by atoms with Gasteiger partial charge in [0, 0.05) is 6.07 Å². The van der Waals surface area contributed by atoms with Gasteiger partial charge >= 0.3 is 0 Å². The van der Waals surface area contributed by atoms with Gasteiger partial charge in [-0.2, -0.15) is 0 Å². The van der Waals surface area contributed by atoms with Crippen molar-refractivity contribution in [3.63, 3.8) is 0 Å². The maximum absolute atomic E-state index is 12.7. The highest BCUT2D eigenvalue weighted by Gasteiger charge is 2.26. The highest BCUT2D eigenvalue weighted by atomic mass is 32.2. The molecule has 8 nitrogen and oxygen atoms in total. The number of benzene rings is 2. The number of nitrogens with zero attached hydrogens (tertiary/aromatic N) is 1. The summed E-state index contributed by atoms with van der Waals surface area (Å²) in [5.41, 5.74) is 1.24. The SMILES string of the molecule is CCS(=O)(=O)N(CC(=O)N[C@@H](C)c1ccc(OC)cc1)c1ccc2c(c1)OCCO2. The van der Waals surface area contributed by atoms with Crippen LogP contribution in [0.15, 0.2) is 42.5 Å². The van der Waals surface area contributed by atoms with E-state index in [0.717, 1.165) is 15.6 Å². The second-order valence-corrected chi connectivity index (χ2v) is 8.98. The zero-order valence-electron chi connectivity index (χ0n) is 17.3. The van der Waals surface area contributed by atoms with Crippen LogP contribution in [0.5, 0.6) is 17.2 Å². The Hall–Kier alpha value is -2.94. The quantitative estimate of drug-likeness (QED) is 0.686. The molecule has 1 aliphatic rings. The number of sulfonamides is 1. The third-order valence-electron chi connectivity index (χ3n) is 4.79. The lowest BCUT2D eigenvalue weighted by Crippen LogP contribution is -2.42. The van der Waals surface area contributed by atoms with Crippen LogP contribution in [0.25, 0.3) is 0 Å². The lowest BCUT2D eigenvalue weighted by Gasteiger charge is -2.26. The van der Waals surface area contributed by atoms with Crippen LogP contribution < -0.4 is 23.8 Å². The van der Waals surface area contributed by atoms with E-state index in [1.54, 1.807) is 37.4 Å². The minimum absolute atomic E-state index is 0.136. The predicted molar refractivity (Wildman–Crippen MR) is 114 cm³/mol. The molecular formula is C21H26N2O6S. The summed E-state index contributed by atoms with van der Waals surface area (Å²) in [5, 5.41) is 2.85. The Labute approximate surface area is 176 Å². The van der Waals surface area contributed by atoms with Gasteiger partial charge in [-0.3, -0.25) is 9.10 Å². The first-order valence-corrected chi connectivity index (χ1v) is 11.3. The number of carbonyl (C=O) groups excluding carboxylic acids is 1. The molecule has 30 heavy (non-hydrogen) atoms. The van der Waals surface area contributed by atoms with Crippen LogP contribution in [-0.4, -0.2) is 46.9 Å². The van der Waals surface area contributed by atoms with E-state index < -0.39 is 15.9 Å². The van der Waals surface area contributed by atoms with Crippen LogP contribution in [0.4, 0.5) is 5.69 Å². The van der Waals surface area contributed by atoms with Gasteiger partial charge in [-0.25, -0.2) is 8.42 Å². The summed E-state index contributed by atoms with van der Waals surface area (Å²) < 4.78 is 42.7. The molecule has 1 heterocycles. The molecule has 0 saturated carbocycles. The number of hydrogen-bond acceptors (Lipinski definition) is 6. The zero-order chi connectivity index (χ0) is 21.7. The molecule has 0 fully saturated rings. The standard InChI is InChI=1S/C21H26N2O6S/c1-4-30(25,26)23(17-7-10-19-20(13-17)29-12-11-28-19)14-21(24)22-15(2)16-5-8-18(27-3)9-6-16/h5-10,13,15H,4,11-12,14H2,1-3H3,(H,22,24)/t15-/m0/s1. The second kappa shape index (κ2) is 9.25. The lowest BCUT2D eigenvalue weighted by molar-refractivity contribution is -0.120.